The molecule has 3 aromatic rings. The van der Waals surface area contributed by atoms with E-state index in [2.05, 4.69) is 10.3 Å². The molecule has 19 heavy (non-hydrogen) atoms. The van der Waals surface area contributed by atoms with Gasteiger partial charge in [0.2, 0.25) is 0 Å². The maximum Gasteiger partial charge on any atom is 0.0721 e. The molecule has 0 amide bonds. The fourth-order valence-corrected chi connectivity index (χ4v) is 2.38. The number of rotatable bonds is 2. The molecule has 0 atom stereocenters. The Kier molecular flexibility index (Phi) is 3.10. The van der Waals surface area contributed by atoms with E-state index in [0.29, 0.717) is 0 Å². The Balaban J connectivity index is 2.02. The number of pyridine rings is 1. The molecule has 1 aromatic heterocycles. The molecular formula is C16H13ClN2. The Labute approximate surface area is 117 Å². The Bertz CT molecular complexity index is 723. The summed E-state index contributed by atoms with van der Waals surface area (Å²) in [6, 6.07) is 18.0. The van der Waals surface area contributed by atoms with Gasteiger partial charge in [-0.15, -0.1) is 0 Å². The lowest BCUT2D eigenvalue weighted by Gasteiger charge is -2.08. The van der Waals surface area contributed by atoms with Gasteiger partial charge in [0.05, 0.1) is 10.5 Å². The minimum atomic E-state index is 0.735. The predicted molar refractivity (Wildman–Crippen MR) is 81.2 cm³/mol. The predicted octanol–water partition coefficient (Wildman–Crippen LogP) is 4.94. The molecule has 0 aliphatic rings. The average Bonchev–Trinajstić information content (AvgIpc) is 2.40. The van der Waals surface area contributed by atoms with Gasteiger partial charge >= 0.3 is 0 Å². The first-order valence-corrected chi connectivity index (χ1v) is 6.49. The third-order valence-corrected chi connectivity index (χ3v) is 3.26. The van der Waals surface area contributed by atoms with Crippen LogP contribution in [0.15, 0.2) is 54.6 Å². The van der Waals surface area contributed by atoms with Gasteiger partial charge < -0.3 is 5.32 Å². The number of halogens is 1. The Morgan fingerprint density at radius 1 is 0.947 bits per heavy atom. The first-order chi connectivity index (χ1) is 9.22. The number of fused-ring (bicyclic) bond motifs is 1. The van der Waals surface area contributed by atoms with E-state index in [1.165, 1.54) is 0 Å². The van der Waals surface area contributed by atoms with Crippen molar-refractivity contribution in [2.45, 2.75) is 6.92 Å². The summed E-state index contributed by atoms with van der Waals surface area (Å²) in [6.45, 7) is 1.95. The monoisotopic (exact) mass is 268 g/mol. The smallest absolute Gasteiger partial charge is 0.0721 e. The van der Waals surface area contributed by atoms with Crippen molar-refractivity contribution < 1.29 is 0 Å². The fraction of sp³-hybridized carbons (Fsp3) is 0.0625. The van der Waals surface area contributed by atoms with Crippen molar-refractivity contribution in [1.82, 2.24) is 4.98 Å². The van der Waals surface area contributed by atoms with Gasteiger partial charge in [-0.25, -0.2) is 0 Å². The minimum absolute atomic E-state index is 0.735. The van der Waals surface area contributed by atoms with Gasteiger partial charge in [0.25, 0.3) is 0 Å². The summed E-state index contributed by atoms with van der Waals surface area (Å²) in [5.74, 6) is 0. The molecule has 94 valence electrons. The van der Waals surface area contributed by atoms with Crippen LogP contribution in [0.3, 0.4) is 0 Å². The van der Waals surface area contributed by atoms with Crippen LogP contribution in [0.1, 0.15) is 5.69 Å². The van der Waals surface area contributed by atoms with E-state index >= 15 is 0 Å². The summed E-state index contributed by atoms with van der Waals surface area (Å²) in [4.78, 5) is 4.47. The molecule has 0 aliphatic heterocycles. The number of aromatic nitrogens is 1. The standard InChI is InChI=1S/C16H13ClN2/c1-11-9-15(17)14-10-13(7-8-16(14)18-11)19-12-5-3-2-4-6-12/h2-10,19H,1H3. The van der Waals surface area contributed by atoms with Crippen molar-refractivity contribution in [3.63, 3.8) is 0 Å². The SMILES string of the molecule is Cc1cc(Cl)c2cc(Nc3ccccc3)ccc2n1. The zero-order valence-electron chi connectivity index (χ0n) is 10.5. The average molecular weight is 269 g/mol. The van der Waals surface area contributed by atoms with Gasteiger partial charge in [-0.2, -0.15) is 0 Å². The highest BCUT2D eigenvalue weighted by atomic mass is 35.5. The second-order valence-electron chi connectivity index (χ2n) is 4.47. The number of nitrogens with one attached hydrogen (secondary N) is 1. The van der Waals surface area contributed by atoms with E-state index in [-0.39, 0.29) is 0 Å². The highest BCUT2D eigenvalue weighted by molar-refractivity contribution is 6.35. The van der Waals surface area contributed by atoms with Crippen LogP contribution >= 0.6 is 11.6 Å². The molecule has 0 bridgehead atoms. The van der Waals surface area contributed by atoms with Crippen molar-refractivity contribution in [2.75, 3.05) is 5.32 Å². The van der Waals surface area contributed by atoms with Gasteiger partial charge in [-0.3, -0.25) is 4.98 Å². The van der Waals surface area contributed by atoms with Gasteiger partial charge in [0, 0.05) is 22.5 Å². The summed E-state index contributed by atoms with van der Waals surface area (Å²) >= 11 is 6.27. The number of hydrogen-bond donors (Lipinski definition) is 1. The highest BCUT2D eigenvalue weighted by Crippen LogP contribution is 2.27. The van der Waals surface area contributed by atoms with Crippen molar-refractivity contribution in [1.29, 1.82) is 0 Å². The molecule has 0 saturated heterocycles. The van der Waals surface area contributed by atoms with Crippen LogP contribution in [0.25, 0.3) is 10.9 Å². The topological polar surface area (TPSA) is 24.9 Å². The van der Waals surface area contributed by atoms with Crippen molar-refractivity contribution >= 4 is 33.9 Å². The van der Waals surface area contributed by atoms with Crippen LogP contribution in [0.2, 0.25) is 5.02 Å². The third kappa shape index (κ3) is 2.54. The zero-order valence-corrected chi connectivity index (χ0v) is 11.3. The number of benzene rings is 2. The number of anilines is 2. The van der Waals surface area contributed by atoms with Gasteiger partial charge in [-0.1, -0.05) is 29.8 Å². The molecule has 0 saturated carbocycles. The van der Waals surface area contributed by atoms with Gasteiger partial charge in [0.1, 0.15) is 0 Å². The quantitative estimate of drug-likeness (QED) is 0.712. The van der Waals surface area contributed by atoms with Crippen LogP contribution in [0.5, 0.6) is 0 Å². The van der Waals surface area contributed by atoms with Crippen LogP contribution in [-0.2, 0) is 0 Å². The Morgan fingerprint density at radius 2 is 1.74 bits per heavy atom. The summed E-state index contributed by atoms with van der Waals surface area (Å²) < 4.78 is 0. The molecule has 2 nitrogen and oxygen atoms in total. The number of para-hydroxylation sites is 1. The van der Waals surface area contributed by atoms with Crippen molar-refractivity contribution in [3.05, 3.63) is 65.3 Å². The van der Waals surface area contributed by atoms with E-state index in [0.717, 1.165) is 33.0 Å². The Hall–Kier alpha value is -2.06. The maximum atomic E-state index is 6.27. The van der Waals surface area contributed by atoms with Gasteiger partial charge in [0.15, 0.2) is 0 Å². The van der Waals surface area contributed by atoms with E-state index in [1.54, 1.807) is 0 Å². The molecule has 0 fully saturated rings. The van der Waals surface area contributed by atoms with E-state index < -0.39 is 0 Å². The lowest BCUT2D eigenvalue weighted by atomic mass is 10.1. The van der Waals surface area contributed by atoms with E-state index in [9.17, 15) is 0 Å². The lowest BCUT2D eigenvalue weighted by Crippen LogP contribution is -1.91. The second kappa shape index (κ2) is 4.90. The van der Waals surface area contributed by atoms with Crippen molar-refractivity contribution in [2.24, 2.45) is 0 Å². The summed E-state index contributed by atoms with van der Waals surface area (Å²) in [6.07, 6.45) is 0. The van der Waals surface area contributed by atoms with Crippen LogP contribution in [0, 0.1) is 6.92 Å². The molecule has 1 N–H and O–H groups in total. The molecule has 0 aliphatic carbocycles. The number of hydrogen-bond acceptors (Lipinski definition) is 2. The first kappa shape index (κ1) is 12.0. The minimum Gasteiger partial charge on any atom is -0.356 e. The molecule has 0 spiro atoms. The molecule has 0 radical (unpaired) electrons. The molecule has 1 heterocycles. The zero-order chi connectivity index (χ0) is 13.2. The highest BCUT2D eigenvalue weighted by Gasteiger charge is 2.03. The largest absolute Gasteiger partial charge is 0.356 e. The third-order valence-electron chi connectivity index (χ3n) is 2.95. The number of nitrogens with zero attached hydrogens (tertiary/aromatic N) is 1. The van der Waals surface area contributed by atoms with Gasteiger partial charge in [-0.05, 0) is 43.3 Å². The van der Waals surface area contributed by atoms with E-state index in [4.69, 9.17) is 11.6 Å². The number of aryl methyl sites for hydroxylation is 1. The molecule has 2 aromatic carbocycles. The summed E-state index contributed by atoms with van der Waals surface area (Å²) in [5, 5.41) is 5.05. The summed E-state index contributed by atoms with van der Waals surface area (Å²) in [5.41, 5.74) is 3.91. The second-order valence-corrected chi connectivity index (χ2v) is 4.88. The fourth-order valence-electron chi connectivity index (χ4n) is 2.07. The maximum absolute atomic E-state index is 6.27. The molecule has 3 heteroatoms. The van der Waals surface area contributed by atoms with Crippen LogP contribution in [-0.4, -0.2) is 4.98 Å². The lowest BCUT2D eigenvalue weighted by molar-refractivity contribution is 1.26. The molecule has 3 rings (SSSR count). The van der Waals surface area contributed by atoms with Crippen LogP contribution in [0.4, 0.5) is 11.4 Å². The molecule has 0 unspecified atom stereocenters. The van der Waals surface area contributed by atoms with Crippen LogP contribution < -0.4 is 5.32 Å². The summed E-state index contributed by atoms with van der Waals surface area (Å²) in [7, 11) is 0. The van der Waals surface area contributed by atoms with Crippen molar-refractivity contribution in [3.8, 4) is 0 Å². The first-order valence-electron chi connectivity index (χ1n) is 6.11. The molecular weight excluding hydrogens is 256 g/mol. The van der Waals surface area contributed by atoms with E-state index in [1.807, 2.05) is 61.5 Å². The normalized spacial score (nSPS) is 10.6. The Morgan fingerprint density at radius 3 is 2.53 bits per heavy atom.